The van der Waals surface area contributed by atoms with E-state index in [-0.39, 0.29) is 12.5 Å². The number of aliphatic hydroxyl groups excluding tert-OH is 1. The second-order valence-corrected chi connectivity index (χ2v) is 3.31. The lowest BCUT2D eigenvalue weighted by Gasteiger charge is -2.19. The third kappa shape index (κ3) is 4.86. The van der Waals surface area contributed by atoms with Gasteiger partial charge in [0, 0.05) is 31.9 Å². The number of carbonyl (C=O) groups excluding carboxylic acids is 1. The predicted octanol–water partition coefficient (Wildman–Crippen LogP) is -0.0750. The van der Waals surface area contributed by atoms with Gasteiger partial charge in [-0.15, -0.1) is 0 Å². The average molecular weight is 225 g/mol. The van der Waals surface area contributed by atoms with Crippen molar-refractivity contribution in [3.05, 3.63) is 25.4 Å². The largest absolute Gasteiger partial charge is 0.394 e. The molecule has 0 aliphatic carbocycles. The van der Waals surface area contributed by atoms with Crippen LogP contribution in [0.15, 0.2) is 30.4 Å². The van der Waals surface area contributed by atoms with Gasteiger partial charge in [0.2, 0.25) is 5.91 Å². The Kier molecular flexibility index (Phi) is 7.07. The van der Waals surface area contributed by atoms with Crippen LogP contribution in [0.5, 0.6) is 0 Å². The molecule has 90 valence electrons. The Balaban J connectivity index is 4.20. The van der Waals surface area contributed by atoms with Crippen LogP contribution < -0.4 is 5.73 Å². The smallest absolute Gasteiger partial charge is 0.241 e. The summed E-state index contributed by atoms with van der Waals surface area (Å²) in [7, 11) is 1.63. The quantitative estimate of drug-likeness (QED) is 0.595. The Bertz CT molecular complexity index is 287. The second kappa shape index (κ2) is 7.78. The summed E-state index contributed by atoms with van der Waals surface area (Å²) in [6.07, 6.45) is 3.63. The van der Waals surface area contributed by atoms with Crippen LogP contribution in [0.25, 0.3) is 0 Å². The molecule has 1 atom stereocenters. The lowest BCUT2D eigenvalue weighted by molar-refractivity contribution is -0.132. The van der Waals surface area contributed by atoms with E-state index in [4.69, 9.17) is 10.8 Å². The Hall–Kier alpha value is -1.46. The van der Waals surface area contributed by atoms with Crippen molar-refractivity contribution in [2.24, 2.45) is 10.7 Å². The molecule has 0 saturated carbocycles. The van der Waals surface area contributed by atoms with E-state index >= 15 is 0 Å². The number of aliphatic imine (C=N–C) groups is 1. The van der Waals surface area contributed by atoms with Gasteiger partial charge in [-0.1, -0.05) is 13.2 Å². The van der Waals surface area contributed by atoms with Crippen molar-refractivity contribution in [1.82, 2.24) is 4.90 Å². The normalized spacial score (nSPS) is 13.1. The lowest BCUT2D eigenvalue weighted by atomic mass is 10.2. The van der Waals surface area contributed by atoms with Gasteiger partial charge in [-0.25, -0.2) is 0 Å². The van der Waals surface area contributed by atoms with Crippen molar-refractivity contribution >= 4 is 11.6 Å². The summed E-state index contributed by atoms with van der Waals surface area (Å²) in [5.41, 5.74) is 6.16. The first-order chi connectivity index (χ1) is 7.56. The topological polar surface area (TPSA) is 78.9 Å². The number of nitrogens with two attached hydrogens (primary N) is 1. The summed E-state index contributed by atoms with van der Waals surface area (Å²) in [5.74, 6) is -0.287. The highest BCUT2D eigenvalue weighted by Crippen LogP contribution is 1.96. The van der Waals surface area contributed by atoms with E-state index in [0.29, 0.717) is 13.0 Å². The third-order valence-electron chi connectivity index (χ3n) is 2.09. The van der Waals surface area contributed by atoms with Crippen LogP contribution in [0, 0.1) is 0 Å². The molecule has 0 bridgehead atoms. The van der Waals surface area contributed by atoms with Gasteiger partial charge in [-0.2, -0.15) is 0 Å². The molecule has 1 amide bonds. The minimum absolute atomic E-state index is 0.287. The standard InChI is InChI=1S/C11H19N3O2/c1-4-9(13-5-2)6-7-14(3)11(16)10(12)8-15/h4-5,10,15H,1-2,6-8,12H2,3H3. The van der Waals surface area contributed by atoms with Gasteiger partial charge < -0.3 is 15.7 Å². The fourth-order valence-corrected chi connectivity index (χ4v) is 1.09. The molecule has 0 heterocycles. The van der Waals surface area contributed by atoms with Crippen molar-refractivity contribution in [1.29, 1.82) is 0 Å². The van der Waals surface area contributed by atoms with Gasteiger partial charge >= 0.3 is 0 Å². The van der Waals surface area contributed by atoms with E-state index in [1.807, 2.05) is 0 Å². The van der Waals surface area contributed by atoms with Gasteiger partial charge in [0.05, 0.1) is 6.61 Å². The van der Waals surface area contributed by atoms with E-state index in [1.165, 1.54) is 11.1 Å². The summed E-state index contributed by atoms with van der Waals surface area (Å²) >= 11 is 0. The molecule has 0 aliphatic heterocycles. The number of rotatable bonds is 7. The average Bonchev–Trinajstić information content (AvgIpc) is 2.31. The highest BCUT2D eigenvalue weighted by molar-refractivity contribution is 5.95. The predicted molar refractivity (Wildman–Crippen MR) is 65.1 cm³/mol. The molecule has 5 nitrogen and oxygen atoms in total. The molecule has 3 N–H and O–H groups in total. The third-order valence-corrected chi connectivity index (χ3v) is 2.09. The number of nitrogens with zero attached hydrogens (tertiary/aromatic N) is 2. The van der Waals surface area contributed by atoms with E-state index < -0.39 is 6.04 Å². The number of hydrogen-bond donors (Lipinski definition) is 2. The Labute approximate surface area is 96.0 Å². The number of hydrogen-bond acceptors (Lipinski definition) is 4. The molecule has 5 heteroatoms. The zero-order chi connectivity index (χ0) is 12.6. The lowest BCUT2D eigenvalue weighted by Crippen LogP contribution is -2.44. The van der Waals surface area contributed by atoms with Gasteiger partial charge in [0.15, 0.2) is 0 Å². The summed E-state index contributed by atoms with van der Waals surface area (Å²) in [6.45, 7) is 7.22. The minimum Gasteiger partial charge on any atom is -0.394 e. The number of carbonyl (C=O) groups is 1. The van der Waals surface area contributed by atoms with Crippen LogP contribution in [0.2, 0.25) is 0 Å². The molecule has 0 aliphatic rings. The summed E-state index contributed by atoms with van der Waals surface area (Å²) in [4.78, 5) is 16.9. The summed E-state index contributed by atoms with van der Waals surface area (Å²) < 4.78 is 0. The fourth-order valence-electron chi connectivity index (χ4n) is 1.09. The fraction of sp³-hybridized carbons (Fsp3) is 0.455. The second-order valence-electron chi connectivity index (χ2n) is 3.31. The summed E-state index contributed by atoms with van der Waals surface area (Å²) in [6, 6.07) is -0.853. The zero-order valence-corrected chi connectivity index (χ0v) is 9.59. The van der Waals surface area contributed by atoms with Crippen LogP contribution in [-0.2, 0) is 4.79 Å². The number of allylic oxidation sites excluding steroid dienone is 1. The van der Waals surface area contributed by atoms with Gasteiger partial charge in [0.1, 0.15) is 6.04 Å². The van der Waals surface area contributed by atoms with E-state index in [2.05, 4.69) is 18.2 Å². The number of aliphatic hydroxyl groups is 1. The van der Waals surface area contributed by atoms with Crippen molar-refractivity contribution in [3.63, 3.8) is 0 Å². The zero-order valence-electron chi connectivity index (χ0n) is 9.59. The highest BCUT2D eigenvalue weighted by Gasteiger charge is 2.16. The van der Waals surface area contributed by atoms with E-state index in [9.17, 15) is 4.79 Å². The van der Waals surface area contributed by atoms with Gasteiger partial charge in [-0.3, -0.25) is 9.79 Å². The highest BCUT2D eigenvalue weighted by atomic mass is 16.3. The van der Waals surface area contributed by atoms with Gasteiger partial charge in [-0.05, 0) is 6.08 Å². The Morgan fingerprint density at radius 2 is 2.25 bits per heavy atom. The molecular formula is C11H19N3O2. The van der Waals surface area contributed by atoms with E-state index in [1.54, 1.807) is 13.1 Å². The molecule has 0 aromatic rings. The van der Waals surface area contributed by atoms with E-state index in [0.717, 1.165) is 5.71 Å². The van der Waals surface area contributed by atoms with Gasteiger partial charge in [0.25, 0.3) is 0 Å². The monoisotopic (exact) mass is 225 g/mol. The molecular weight excluding hydrogens is 206 g/mol. The van der Waals surface area contributed by atoms with Crippen LogP contribution in [0.4, 0.5) is 0 Å². The SMILES string of the molecule is C=CN=C(C=C)CCN(C)C(=O)C(N)CO. The first-order valence-electron chi connectivity index (χ1n) is 4.98. The number of likely N-dealkylation sites (N-methyl/N-ethyl adjacent to an activating group) is 1. The van der Waals surface area contributed by atoms with Crippen molar-refractivity contribution < 1.29 is 9.90 Å². The van der Waals surface area contributed by atoms with Crippen LogP contribution in [0.1, 0.15) is 6.42 Å². The molecule has 0 saturated heterocycles. The maximum atomic E-state index is 11.5. The van der Waals surface area contributed by atoms with Crippen molar-refractivity contribution in [3.8, 4) is 0 Å². The van der Waals surface area contributed by atoms with Crippen LogP contribution >= 0.6 is 0 Å². The van der Waals surface area contributed by atoms with Crippen LogP contribution in [-0.4, -0.2) is 47.9 Å². The molecule has 0 aromatic carbocycles. The summed E-state index contributed by atoms with van der Waals surface area (Å²) in [5, 5.41) is 8.74. The minimum atomic E-state index is -0.853. The molecule has 0 fully saturated rings. The Morgan fingerprint density at radius 3 is 2.69 bits per heavy atom. The molecule has 0 rings (SSSR count). The van der Waals surface area contributed by atoms with Crippen molar-refractivity contribution in [2.45, 2.75) is 12.5 Å². The molecule has 0 radical (unpaired) electrons. The maximum Gasteiger partial charge on any atom is 0.241 e. The first kappa shape index (κ1) is 14.5. The Morgan fingerprint density at radius 1 is 1.62 bits per heavy atom. The first-order valence-corrected chi connectivity index (χ1v) is 4.98. The molecule has 16 heavy (non-hydrogen) atoms. The molecule has 1 unspecified atom stereocenters. The van der Waals surface area contributed by atoms with Crippen molar-refractivity contribution in [2.75, 3.05) is 20.2 Å². The number of amides is 1. The van der Waals surface area contributed by atoms with Crippen LogP contribution in [0.3, 0.4) is 0 Å². The molecule has 0 aromatic heterocycles. The maximum absolute atomic E-state index is 11.5. The molecule has 0 spiro atoms.